The molecule has 1 aliphatic rings. The summed E-state index contributed by atoms with van der Waals surface area (Å²) in [7, 11) is 1.75. The summed E-state index contributed by atoms with van der Waals surface area (Å²) < 4.78 is 5.39. The lowest BCUT2D eigenvalue weighted by atomic mass is 10.1. The second-order valence-corrected chi connectivity index (χ2v) is 5.83. The third kappa shape index (κ3) is 7.31. The second-order valence-electron chi connectivity index (χ2n) is 4.69. The molecule has 0 amide bonds. The van der Waals surface area contributed by atoms with Crippen LogP contribution in [0.2, 0.25) is 0 Å². The number of hydrogen-bond acceptors (Lipinski definition) is 3. The topological polar surface area (TPSA) is 46.5 Å². The van der Waals surface area contributed by atoms with Crippen molar-refractivity contribution in [3.8, 4) is 0 Å². The number of thioether (sulfide) groups is 1. The Bertz CT molecular complexity index is 334. The minimum Gasteiger partial charge on any atom is -0.500 e. The normalized spacial score (nSPS) is 14.8. The van der Waals surface area contributed by atoms with E-state index in [1.807, 2.05) is 11.8 Å². The number of hydrogen-bond donors (Lipinski definition) is 1. The predicted molar refractivity (Wildman–Crippen MR) is 80.2 cm³/mol. The summed E-state index contributed by atoms with van der Waals surface area (Å²) in [4.78, 5) is 11.6. The fourth-order valence-electron chi connectivity index (χ4n) is 2.04. The summed E-state index contributed by atoms with van der Waals surface area (Å²) in [6, 6.07) is 0. The van der Waals surface area contributed by atoms with Crippen molar-refractivity contribution in [2.45, 2.75) is 51.4 Å². The molecule has 0 aromatic rings. The average Bonchev–Trinajstić information content (AvgIpc) is 2.42. The zero-order valence-electron chi connectivity index (χ0n) is 11.7. The molecule has 0 saturated heterocycles. The Morgan fingerprint density at radius 3 is 2.79 bits per heavy atom. The van der Waals surface area contributed by atoms with Gasteiger partial charge in [-0.25, -0.2) is 0 Å². The maximum atomic E-state index is 10.3. The number of carboxylic acids is 1. The van der Waals surface area contributed by atoms with Gasteiger partial charge in [-0.15, -0.1) is 11.8 Å². The molecule has 0 heterocycles. The Morgan fingerprint density at radius 2 is 2.05 bits per heavy atom. The highest BCUT2D eigenvalue weighted by molar-refractivity contribution is 8.03. The first-order chi connectivity index (χ1) is 9.24. The van der Waals surface area contributed by atoms with Crippen LogP contribution in [-0.2, 0) is 9.53 Å². The van der Waals surface area contributed by atoms with Gasteiger partial charge in [0, 0.05) is 17.7 Å². The fourth-order valence-corrected chi connectivity index (χ4v) is 3.15. The van der Waals surface area contributed by atoms with Gasteiger partial charge in [0.2, 0.25) is 0 Å². The summed E-state index contributed by atoms with van der Waals surface area (Å²) in [5.41, 5.74) is 0. The van der Waals surface area contributed by atoms with E-state index in [4.69, 9.17) is 9.84 Å². The molecule has 0 aromatic heterocycles. The van der Waals surface area contributed by atoms with E-state index in [1.165, 1.54) is 17.7 Å². The molecule has 1 rings (SSSR count). The van der Waals surface area contributed by atoms with Crippen molar-refractivity contribution in [1.82, 2.24) is 0 Å². The quantitative estimate of drug-likeness (QED) is 0.606. The van der Waals surface area contributed by atoms with Gasteiger partial charge in [0.05, 0.1) is 7.11 Å². The van der Waals surface area contributed by atoms with Crippen LogP contribution in [0, 0.1) is 0 Å². The maximum absolute atomic E-state index is 10.3. The van der Waals surface area contributed by atoms with E-state index in [0.717, 1.165) is 43.6 Å². The summed E-state index contributed by atoms with van der Waals surface area (Å²) in [5.74, 6) is 1.55. The summed E-state index contributed by atoms with van der Waals surface area (Å²) in [6.07, 6.45) is 12.1. The summed E-state index contributed by atoms with van der Waals surface area (Å²) >= 11 is 1.87. The molecule has 0 fully saturated rings. The second kappa shape index (κ2) is 9.96. The molecular formula is C15H24O3S. The molecular weight excluding hydrogens is 260 g/mol. The van der Waals surface area contributed by atoms with E-state index in [-0.39, 0.29) is 0 Å². The molecule has 1 N–H and O–H groups in total. The minimum absolute atomic E-state index is 0.309. The molecule has 1 aliphatic carbocycles. The molecule has 0 bridgehead atoms. The van der Waals surface area contributed by atoms with E-state index < -0.39 is 5.97 Å². The highest BCUT2D eigenvalue weighted by Gasteiger charge is 2.08. The van der Waals surface area contributed by atoms with Gasteiger partial charge >= 0.3 is 5.97 Å². The first-order valence-corrected chi connectivity index (χ1v) is 8.01. The molecule has 0 aromatic carbocycles. The zero-order chi connectivity index (χ0) is 13.9. The van der Waals surface area contributed by atoms with Crippen molar-refractivity contribution in [1.29, 1.82) is 0 Å². The third-order valence-electron chi connectivity index (χ3n) is 3.12. The Morgan fingerprint density at radius 1 is 1.32 bits per heavy atom. The van der Waals surface area contributed by atoms with E-state index >= 15 is 0 Å². The fraction of sp³-hybridized carbons (Fsp3) is 0.667. The highest BCUT2D eigenvalue weighted by atomic mass is 32.2. The molecule has 0 saturated carbocycles. The van der Waals surface area contributed by atoms with Crippen LogP contribution in [0.1, 0.15) is 51.4 Å². The van der Waals surface area contributed by atoms with E-state index in [2.05, 4.69) is 12.2 Å². The first kappa shape index (κ1) is 16.2. The molecule has 4 heteroatoms. The van der Waals surface area contributed by atoms with Crippen molar-refractivity contribution < 1.29 is 14.6 Å². The maximum Gasteiger partial charge on any atom is 0.303 e. The van der Waals surface area contributed by atoms with Crippen LogP contribution >= 0.6 is 11.8 Å². The van der Waals surface area contributed by atoms with E-state index in [0.29, 0.717) is 6.42 Å². The Kier molecular flexibility index (Phi) is 8.47. The number of ether oxygens (including phenoxy) is 1. The lowest BCUT2D eigenvalue weighted by Crippen LogP contribution is -1.96. The molecule has 0 aliphatic heterocycles. The van der Waals surface area contributed by atoms with Crippen LogP contribution in [0.25, 0.3) is 0 Å². The van der Waals surface area contributed by atoms with Gasteiger partial charge in [-0.1, -0.05) is 25.3 Å². The van der Waals surface area contributed by atoms with E-state index in [9.17, 15) is 4.79 Å². The predicted octanol–water partition coefficient (Wildman–Crippen LogP) is 4.35. The summed E-state index contributed by atoms with van der Waals surface area (Å²) in [6.45, 7) is 0. The van der Waals surface area contributed by atoms with Crippen LogP contribution < -0.4 is 0 Å². The van der Waals surface area contributed by atoms with Crippen LogP contribution in [0.4, 0.5) is 0 Å². The number of unbranched alkanes of at least 4 members (excludes halogenated alkanes) is 4. The summed E-state index contributed by atoms with van der Waals surface area (Å²) in [5, 5.41) is 8.52. The molecule has 0 atom stereocenters. The van der Waals surface area contributed by atoms with Gasteiger partial charge in [0.25, 0.3) is 0 Å². The molecule has 108 valence electrons. The highest BCUT2D eigenvalue weighted by Crippen LogP contribution is 2.29. The Hall–Kier alpha value is -0.900. The van der Waals surface area contributed by atoms with Crippen LogP contribution in [0.15, 0.2) is 22.8 Å². The van der Waals surface area contributed by atoms with Crippen molar-refractivity contribution in [2.75, 3.05) is 12.9 Å². The molecule has 0 unspecified atom stereocenters. The zero-order valence-corrected chi connectivity index (χ0v) is 12.5. The van der Waals surface area contributed by atoms with Gasteiger partial charge in [-0.05, 0) is 31.1 Å². The Balaban J connectivity index is 2.03. The standard InChI is InChI=1S/C15H24O3S/c1-18-13-9-6-7-10-14(13)19-12-8-4-2-3-5-11-15(16)17/h7,10H,2-6,8-9,11-12H2,1H3,(H,16,17). The number of carboxylic acid groups (broad SMARTS) is 1. The van der Waals surface area contributed by atoms with Crippen molar-refractivity contribution in [3.63, 3.8) is 0 Å². The van der Waals surface area contributed by atoms with E-state index in [1.54, 1.807) is 7.11 Å². The molecule has 0 radical (unpaired) electrons. The minimum atomic E-state index is -0.682. The largest absolute Gasteiger partial charge is 0.500 e. The van der Waals surface area contributed by atoms with Crippen LogP contribution in [-0.4, -0.2) is 23.9 Å². The van der Waals surface area contributed by atoms with Gasteiger partial charge in [0.15, 0.2) is 0 Å². The SMILES string of the molecule is COC1=C(SCCCCCCCC(=O)O)C=CCC1. The molecule has 3 nitrogen and oxygen atoms in total. The van der Waals surface area contributed by atoms with Gasteiger partial charge in [-0.3, -0.25) is 4.79 Å². The number of carbonyl (C=O) groups is 1. The first-order valence-electron chi connectivity index (χ1n) is 7.02. The van der Waals surface area contributed by atoms with Crippen LogP contribution in [0.5, 0.6) is 0 Å². The average molecular weight is 284 g/mol. The molecule has 0 spiro atoms. The number of methoxy groups -OCH3 is 1. The third-order valence-corrected chi connectivity index (χ3v) is 4.29. The Labute approximate surface area is 120 Å². The van der Waals surface area contributed by atoms with Crippen molar-refractivity contribution >= 4 is 17.7 Å². The van der Waals surface area contributed by atoms with Crippen molar-refractivity contribution in [2.24, 2.45) is 0 Å². The lowest BCUT2D eigenvalue weighted by Gasteiger charge is -2.14. The number of allylic oxidation sites excluding steroid dienone is 3. The number of rotatable bonds is 10. The van der Waals surface area contributed by atoms with Gasteiger partial charge < -0.3 is 9.84 Å². The smallest absolute Gasteiger partial charge is 0.303 e. The van der Waals surface area contributed by atoms with Gasteiger partial charge in [0.1, 0.15) is 5.76 Å². The monoisotopic (exact) mass is 284 g/mol. The number of aliphatic carboxylic acids is 1. The lowest BCUT2D eigenvalue weighted by molar-refractivity contribution is -0.137. The van der Waals surface area contributed by atoms with Crippen LogP contribution in [0.3, 0.4) is 0 Å². The van der Waals surface area contributed by atoms with Gasteiger partial charge in [-0.2, -0.15) is 0 Å². The molecule has 19 heavy (non-hydrogen) atoms. The van der Waals surface area contributed by atoms with Crippen molar-refractivity contribution in [3.05, 3.63) is 22.8 Å².